The van der Waals surface area contributed by atoms with Crippen LogP contribution < -0.4 is 4.90 Å². The molecule has 0 N–H and O–H groups in total. The van der Waals surface area contributed by atoms with Crippen LogP contribution in [0.2, 0.25) is 0 Å². The summed E-state index contributed by atoms with van der Waals surface area (Å²) in [5.74, 6) is 0.550. The largest absolute Gasteiger partial charge is 0.468 e. The predicted molar refractivity (Wildman–Crippen MR) is 99.0 cm³/mol. The summed E-state index contributed by atoms with van der Waals surface area (Å²) >= 11 is 0. The zero-order valence-electron chi connectivity index (χ0n) is 14.8. The number of aromatic nitrogens is 3. The van der Waals surface area contributed by atoms with Gasteiger partial charge in [-0.3, -0.25) is 4.79 Å². The number of carbonyl (C=O) groups is 1. The number of pyridine rings is 1. The van der Waals surface area contributed by atoms with E-state index in [2.05, 4.69) is 19.9 Å². The van der Waals surface area contributed by atoms with Crippen LogP contribution in [-0.2, 0) is 14.9 Å². The molecule has 1 aromatic carbocycles. The molecule has 0 amide bonds. The minimum absolute atomic E-state index is 0.214. The number of ether oxygens (including phenoxy) is 1. The minimum Gasteiger partial charge on any atom is -0.468 e. The highest BCUT2D eigenvalue weighted by atomic mass is 16.5. The average molecular weight is 348 g/mol. The van der Waals surface area contributed by atoms with Crippen molar-refractivity contribution in [3.8, 4) is 0 Å². The fraction of sp³-hybridized carbons (Fsp3) is 0.300. The Hall–Kier alpha value is -3.02. The van der Waals surface area contributed by atoms with Gasteiger partial charge in [0.25, 0.3) is 0 Å². The van der Waals surface area contributed by atoms with Crippen LogP contribution in [0.15, 0.2) is 48.8 Å². The molecule has 132 valence electrons. The Balaban J connectivity index is 1.78. The Bertz CT molecular complexity index is 960. The van der Waals surface area contributed by atoms with Crippen molar-refractivity contribution in [1.29, 1.82) is 0 Å². The van der Waals surface area contributed by atoms with Gasteiger partial charge < -0.3 is 9.64 Å². The van der Waals surface area contributed by atoms with Crippen LogP contribution in [0.1, 0.15) is 17.7 Å². The summed E-state index contributed by atoms with van der Waals surface area (Å²) in [6, 6.07) is 13.7. The quantitative estimate of drug-likeness (QED) is 0.678. The number of rotatable bonds is 3. The molecule has 4 rings (SSSR count). The number of methoxy groups -OCH3 is 1. The molecule has 0 spiro atoms. The first-order valence-corrected chi connectivity index (χ1v) is 8.61. The van der Waals surface area contributed by atoms with E-state index >= 15 is 0 Å². The van der Waals surface area contributed by atoms with E-state index in [1.807, 2.05) is 49.4 Å². The highest BCUT2D eigenvalue weighted by molar-refractivity contribution is 5.88. The van der Waals surface area contributed by atoms with Crippen molar-refractivity contribution in [2.45, 2.75) is 18.8 Å². The first-order valence-electron chi connectivity index (χ1n) is 8.61. The average Bonchev–Trinajstić information content (AvgIpc) is 3.14. The van der Waals surface area contributed by atoms with Gasteiger partial charge in [0.15, 0.2) is 5.82 Å². The van der Waals surface area contributed by atoms with Gasteiger partial charge in [0.2, 0.25) is 0 Å². The van der Waals surface area contributed by atoms with E-state index in [-0.39, 0.29) is 5.97 Å². The van der Waals surface area contributed by atoms with Crippen molar-refractivity contribution < 1.29 is 9.53 Å². The highest BCUT2D eigenvalue weighted by Crippen LogP contribution is 2.38. The Kier molecular flexibility index (Phi) is 4.03. The lowest BCUT2D eigenvalue weighted by Gasteiger charge is -2.27. The molecule has 1 unspecified atom stereocenters. The fourth-order valence-corrected chi connectivity index (χ4v) is 3.72. The van der Waals surface area contributed by atoms with Gasteiger partial charge >= 0.3 is 5.97 Å². The Morgan fingerprint density at radius 2 is 1.96 bits per heavy atom. The molecular weight excluding hydrogens is 328 g/mol. The van der Waals surface area contributed by atoms with Crippen LogP contribution in [-0.4, -0.2) is 41.1 Å². The molecule has 6 nitrogen and oxygen atoms in total. The second-order valence-corrected chi connectivity index (χ2v) is 6.63. The van der Waals surface area contributed by atoms with Crippen LogP contribution in [0.25, 0.3) is 11.0 Å². The monoisotopic (exact) mass is 348 g/mol. The lowest BCUT2D eigenvalue weighted by molar-refractivity contribution is -0.146. The van der Waals surface area contributed by atoms with Crippen LogP contribution in [0.3, 0.4) is 0 Å². The summed E-state index contributed by atoms with van der Waals surface area (Å²) in [6.07, 6.45) is 2.22. The molecule has 1 fully saturated rings. The number of anilines is 1. The van der Waals surface area contributed by atoms with Gasteiger partial charge in [-0.2, -0.15) is 0 Å². The Morgan fingerprint density at radius 3 is 2.73 bits per heavy atom. The lowest BCUT2D eigenvalue weighted by Crippen LogP contribution is -2.40. The van der Waals surface area contributed by atoms with Crippen molar-refractivity contribution in [3.05, 3.63) is 60.0 Å². The number of nitrogens with zero attached hydrogens (tertiary/aromatic N) is 4. The summed E-state index contributed by atoms with van der Waals surface area (Å²) < 4.78 is 5.17. The van der Waals surface area contributed by atoms with Crippen molar-refractivity contribution >= 4 is 22.8 Å². The molecule has 3 aromatic rings. The maximum atomic E-state index is 12.7. The summed E-state index contributed by atoms with van der Waals surface area (Å²) in [7, 11) is 1.45. The Morgan fingerprint density at radius 1 is 1.15 bits per heavy atom. The molecule has 1 saturated heterocycles. The second kappa shape index (κ2) is 6.37. The normalized spacial score (nSPS) is 19.7. The molecule has 2 aromatic heterocycles. The van der Waals surface area contributed by atoms with Crippen LogP contribution in [0.4, 0.5) is 5.82 Å². The zero-order valence-corrected chi connectivity index (χ0v) is 14.8. The molecule has 1 aliphatic rings. The summed E-state index contributed by atoms with van der Waals surface area (Å²) in [4.78, 5) is 28.3. The second-order valence-electron chi connectivity index (χ2n) is 6.63. The number of benzene rings is 1. The van der Waals surface area contributed by atoms with Gasteiger partial charge in [-0.25, -0.2) is 15.0 Å². The number of carbonyl (C=O) groups excluding carboxylic acids is 1. The van der Waals surface area contributed by atoms with E-state index in [9.17, 15) is 4.79 Å². The van der Waals surface area contributed by atoms with Crippen molar-refractivity contribution in [2.24, 2.45) is 0 Å². The van der Waals surface area contributed by atoms with E-state index in [1.54, 1.807) is 6.33 Å². The van der Waals surface area contributed by atoms with Gasteiger partial charge in [-0.15, -0.1) is 0 Å². The SMILES string of the molecule is COC(=O)C1(c2ccccc2)CCN(c2ncnc3ccc(C)nc23)C1. The molecule has 0 radical (unpaired) electrons. The van der Waals surface area contributed by atoms with Gasteiger partial charge in [-0.1, -0.05) is 30.3 Å². The minimum atomic E-state index is -0.697. The first kappa shape index (κ1) is 16.4. The van der Waals surface area contributed by atoms with Crippen LogP contribution >= 0.6 is 0 Å². The number of fused-ring (bicyclic) bond motifs is 1. The number of hydrogen-bond donors (Lipinski definition) is 0. The van der Waals surface area contributed by atoms with Crippen molar-refractivity contribution in [2.75, 3.05) is 25.1 Å². The molecular formula is C20H20N4O2. The van der Waals surface area contributed by atoms with Crippen molar-refractivity contribution in [3.63, 3.8) is 0 Å². The molecule has 1 aliphatic heterocycles. The predicted octanol–water partition coefficient (Wildman–Crippen LogP) is 2.65. The lowest BCUT2D eigenvalue weighted by atomic mass is 9.79. The summed E-state index contributed by atoms with van der Waals surface area (Å²) in [5, 5.41) is 0. The third-order valence-corrected chi connectivity index (χ3v) is 5.07. The van der Waals surface area contributed by atoms with E-state index in [0.29, 0.717) is 19.5 Å². The third-order valence-electron chi connectivity index (χ3n) is 5.07. The number of aryl methyl sites for hydroxylation is 1. The molecule has 3 heterocycles. The molecule has 0 saturated carbocycles. The van der Waals surface area contributed by atoms with Gasteiger partial charge in [0, 0.05) is 18.8 Å². The van der Waals surface area contributed by atoms with Crippen LogP contribution in [0.5, 0.6) is 0 Å². The van der Waals surface area contributed by atoms with Gasteiger partial charge in [0.1, 0.15) is 17.3 Å². The Labute approximate surface area is 151 Å². The third kappa shape index (κ3) is 2.58. The maximum Gasteiger partial charge on any atom is 0.318 e. The topological polar surface area (TPSA) is 68.2 Å². The molecule has 1 atom stereocenters. The summed E-state index contributed by atoms with van der Waals surface area (Å²) in [6.45, 7) is 3.15. The smallest absolute Gasteiger partial charge is 0.318 e. The summed E-state index contributed by atoms with van der Waals surface area (Å²) in [5.41, 5.74) is 2.75. The van der Waals surface area contributed by atoms with E-state index in [4.69, 9.17) is 4.74 Å². The van der Waals surface area contributed by atoms with E-state index in [1.165, 1.54) is 7.11 Å². The maximum absolute atomic E-state index is 12.7. The zero-order chi connectivity index (χ0) is 18.1. The molecule has 0 bridgehead atoms. The standard InChI is InChI=1S/C20H20N4O2/c1-14-8-9-16-17(23-14)18(22-13-21-16)24-11-10-20(12-24,19(25)26-2)15-6-4-3-5-7-15/h3-9,13H,10-12H2,1-2H3. The molecule has 6 heteroatoms. The van der Waals surface area contributed by atoms with E-state index in [0.717, 1.165) is 28.1 Å². The molecule has 0 aliphatic carbocycles. The molecule has 26 heavy (non-hydrogen) atoms. The van der Waals surface area contributed by atoms with Crippen LogP contribution in [0, 0.1) is 6.92 Å². The number of esters is 1. The highest BCUT2D eigenvalue weighted by Gasteiger charge is 2.47. The van der Waals surface area contributed by atoms with Gasteiger partial charge in [0.05, 0.1) is 12.6 Å². The van der Waals surface area contributed by atoms with E-state index < -0.39 is 5.41 Å². The number of hydrogen-bond acceptors (Lipinski definition) is 6. The first-order chi connectivity index (χ1) is 12.6. The fourth-order valence-electron chi connectivity index (χ4n) is 3.72. The van der Waals surface area contributed by atoms with Gasteiger partial charge in [-0.05, 0) is 31.0 Å². The van der Waals surface area contributed by atoms with Crippen molar-refractivity contribution in [1.82, 2.24) is 15.0 Å².